The van der Waals surface area contributed by atoms with Gasteiger partial charge in [0.1, 0.15) is 12.9 Å². The van der Waals surface area contributed by atoms with Crippen LogP contribution in [0.5, 0.6) is 0 Å². The third-order valence-electron chi connectivity index (χ3n) is 2.58. The number of anilines is 1. The molecule has 6 nitrogen and oxygen atoms in total. The molecule has 0 spiro atoms. The maximum atomic E-state index is 4.75. The molecule has 0 atom stereocenters. The maximum Gasteiger partial charge on any atom is 0.145 e. The predicted octanol–water partition coefficient (Wildman–Crippen LogP) is 1.68. The number of nitrogens with zero attached hydrogens (tertiary/aromatic N) is 5. The van der Waals surface area contributed by atoms with Crippen molar-refractivity contribution in [3.05, 3.63) is 36.9 Å². The molecule has 0 radical (unpaired) electrons. The Hall–Kier alpha value is -2.37. The minimum absolute atomic E-state index is 0.753. The standard InChI is InChI=1S/C12H15N5O/c1-10(15-18-3)16(2)12-8-14-17(9-12)11-5-4-6-13-7-11/h4-9H,1-3H3/b15-10+. The number of oxime groups is 1. The molecule has 2 aromatic rings. The Morgan fingerprint density at radius 1 is 1.44 bits per heavy atom. The monoisotopic (exact) mass is 245 g/mol. The minimum atomic E-state index is 0.753. The zero-order chi connectivity index (χ0) is 13.0. The van der Waals surface area contributed by atoms with E-state index in [1.807, 2.05) is 37.2 Å². The van der Waals surface area contributed by atoms with Gasteiger partial charge in [-0.1, -0.05) is 5.16 Å². The van der Waals surface area contributed by atoms with Gasteiger partial charge in [0.25, 0.3) is 0 Å². The van der Waals surface area contributed by atoms with Gasteiger partial charge in [0, 0.05) is 13.2 Å². The second-order valence-corrected chi connectivity index (χ2v) is 3.73. The fourth-order valence-electron chi connectivity index (χ4n) is 1.50. The van der Waals surface area contributed by atoms with E-state index in [-0.39, 0.29) is 0 Å². The highest BCUT2D eigenvalue weighted by Gasteiger charge is 2.08. The van der Waals surface area contributed by atoms with E-state index in [0.717, 1.165) is 17.2 Å². The zero-order valence-electron chi connectivity index (χ0n) is 10.6. The second-order valence-electron chi connectivity index (χ2n) is 3.73. The van der Waals surface area contributed by atoms with E-state index >= 15 is 0 Å². The summed E-state index contributed by atoms with van der Waals surface area (Å²) in [5, 5.41) is 8.17. The quantitative estimate of drug-likeness (QED) is 0.469. The summed E-state index contributed by atoms with van der Waals surface area (Å²) >= 11 is 0. The molecule has 0 aliphatic rings. The van der Waals surface area contributed by atoms with Crippen LogP contribution in [-0.2, 0) is 4.84 Å². The molecule has 0 saturated heterocycles. The van der Waals surface area contributed by atoms with Crippen molar-refractivity contribution in [2.45, 2.75) is 6.92 Å². The van der Waals surface area contributed by atoms with Crippen LogP contribution in [0.3, 0.4) is 0 Å². The van der Waals surface area contributed by atoms with Crippen LogP contribution in [0.4, 0.5) is 5.69 Å². The highest BCUT2D eigenvalue weighted by atomic mass is 16.6. The molecule has 2 rings (SSSR count). The molecular formula is C12H15N5O. The molecule has 94 valence electrons. The summed E-state index contributed by atoms with van der Waals surface area (Å²) in [5.74, 6) is 0.753. The summed E-state index contributed by atoms with van der Waals surface area (Å²) in [6, 6.07) is 3.82. The Bertz CT molecular complexity index is 534. The van der Waals surface area contributed by atoms with Crippen LogP contribution < -0.4 is 4.90 Å². The normalized spacial score (nSPS) is 11.4. The van der Waals surface area contributed by atoms with E-state index in [0.29, 0.717) is 0 Å². The lowest BCUT2D eigenvalue weighted by Gasteiger charge is -2.14. The Labute approximate surface area is 105 Å². The lowest BCUT2D eigenvalue weighted by Crippen LogP contribution is -2.23. The summed E-state index contributed by atoms with van der Waals surface area (Å²) < 4.78 is 1.76. The average Bonchev–Trinajstić information content (AvgIpc) is 2.89. The number of hydrogen-bond donors (Lipinski definition) is 0. The van der Waals surface area contributed by atoms with Crippen molar-refractivity contribution in [1.29, 1.82) is 0 Å². The largest absolute Gasteiger partial charge is 0.398 e. The molecule has 0 fully saturated rings. The number of amidine groups is 1. The molecule has 2 aromatic heterocycles. The van der Waals surface area contributed by atoms with Crippen molar-refractivity contribution in [2.75, 3.05) is 19.1 Å². The molecule has 6 heteroatoms. The topological polar surface area (TPSA) is 55.5 Å². The van der Waals surface area contributed by atoms with Crippen molar-refractivity contribution in [2.24, 2.45) is 5.16 Å². The van der Waals surface area contributed by atoms with E-state index in [1.54, 1.807) is 23.3 Å². The summed E-state index contributed by atoms with van der Waals surface area (Å²) in [6.45, 7) is 1.87. The van der Waals surface area contributed by atoms with E-state index in [4.69, 9.17) is 4.84 Å². The van der Waals surface area contributed by atoms with Gasteiger partial charge in [-0.3, -0.25) is 4.98 Å². The third-order valence-corrected chi connectivity index (χ3v) is 2.58. The number of hydrogen-bond acceptors (Lipinski definition) is 4. The van der Waals surface area contributed by atoms with Crippen LogP contribution in [-0.4, -0.2) is 34.8 Å². The molecular weight excluding hydrogens is 230 g/mol. The van der Waals surface area contributed by atoms with Gasteiger partial charge in [-0.05, 0) is 19.1 Å². The summed E-state index contributed by atoms with van der Waals surface area (Å²) in [5.41, 5.74) is 1.84. The van der Waals surface area contributed by atoms with E-state index in [2.05, 4.69) is 15.2 Å². The van der Waals surface area contributed by atoms with Gasteiger partial charge in [-0.2, -0.15) is 5.10 Å². The Balaban J connectivity index is 2.23. The van der Waals surface area contributed by atoms with Crippen LogP contribution >= 0.6 is 0 Å². The molecule has 0 amide bonds. The van der Waals surface area contributed by atoms with Crippen molar-refractivity contribution in [3.8, 4) is 5.69 Å². The molecule has 2 heterocycles. The number of pyridine rings is 1. The molecule has 0 saturated carbocycles. The van der Waals surface area contributed by atoms with Crippen molar-refractivity contribution in [3.63, 3.8) is 0 Å². The second kappa shape index (κ2) is 5.31. The van der Waals surface area contributed by atoms with Crippen molar-refractivity contribution >= 4 is 11.5 Å². The zero-order valence-corrected chi connectivity index (χ0v) is 10.6. The first-order valence-electron chi connectivity index (χ1n) is 5.49. The van der Waals surface area contributed by atoms with Crippen LogP contribution in [0.2, 0.25) is 0 Å². The minimum Gasteiger partial charge on any atom is -0.398 e. The number of rotatable bonds is 3. The molecule has 0 unspecified atom stereocenters. The van der Waals surface area contributed by atoms with E-state index in [9.17, 15) is 0 Å². The van der Waals surface area contributed by atoms with Gasteiger partial charge in [-0.25, -0.2) is 4.68 Å². The van der Waals surface area contributed by atoms with E-state index in [1.165, 1.54) is 7.11 Å². The first kappa shape index (κ1) is 12.1. The molecule has 0 N–H and O–H groups in total. The summed E-state index contributed by atoms with van der Waals surface area (Å²) in [7, 11) is 3.43. The average molecular weight is 245 g/mol. The highest BCUT2D eigenvalue weighted by molar-refractivity contribution is 5.94. The first-order valence-corrected chi connectivity index (χ1v) is 5.49. The fraction of sp³-hybridized carbons (Fsp3) is 0.250. The lowest BCUT2D eigenvalue weighted by molar-refractivity contribution is 0.212. The molecule has 0 aliphatic carbocycles. The molecule has 0 aliphatic heterocycles. The maximum absolute atomic E-state index is 4.75. The predicted molar refractivity (Wildman–Crippen MR) is 69.9 cm³/mol. The van der Waals surface area contributed by atoms with Gasteiger partial charge in [-0.15, -0.1) is 0 Å². The molecule has 18 heavy (non-hydrogen) atoms. The van der Waals surface area contributed by atoms with Crippen molar-refractivity contribution < 1.29 is 4.84 Å². The van der Waals surface area contributed by atoms with Crippen LogP contribution in [0.25, 0.3) is 5.69 Å². The van der Waals surface area contributed by atoms with Gasteiger partial charge < -0.3 is 9.74 Å². The highest BCUT2D eigenvalue weighted by Crippen LogP contribution is 2.14. The molecule has 0 bridgehead atoms. The first-order chi connectivity index (χ1) is 8.72. The molecule has 0 aromatic carbocycles. The third kappa shape index (κ3) is 2.48. The number of aromatic nitrogens is 3. The smallest absolute Gasteiger partial charge is 0.145 e. The van der Waals surface area contributed by atoms with Crippen LogP contribution in [0, 0.1) is 0 Å². The van der Waals surface area contributed by atoms with E-state index < -0.39 is 0 Å². The van der Waals surface area contributed by atoms with Gasteiger partial charge in [0.2, 0.25) is 0 Å². The van der Waals surface area contributed by atoms with Gasteiger partial charge >= 0.3 is 0 Å². The Kier molecular flexibility index (Phi) is 3.57. The lowest BCUT2D eigenvalue weighted by atomic mass is 10.4. The fourth-order valence-corrected chi connectivity index (χ4v) is 1.50. The van der Waals surface area contributed by atoms with Crippen LogP contribution in [0.15, 0.2) is 42.1 Å². The SMILES string of the molecule is CO/N=C(\C)N(C)c1cnn(-c2cccnc2)c1. The van der Waals surface area contributed by atoms with Gasteiger partial charge in [0.05, 0.1) is 30.0 Å². The van der Waals surface area contributed by atoms with Gasteiger partial charge in [0.15, 0.2) is 0 Å². The Morgan fingerprint density at radius 3 is 2.94 bits per heavy atom. The summed E-state index contributed by atoms with van der Waals surface area (Å²) in [4.78, 5) is 10.7. The summed E-state index contributed by atoms with van der Waals surface area (Å²) in [6.07, 6.45) is 7.16. The van der Waals surface area contributed by atoms with Crippen molar-refractivity contribution in [1.82, 2.24) is 14.8 Å². The Morgan fingerprint density at radius 2 is 2.28 bits per heavy atom. The van der Waals surface area contributed by atoms with Crippen LogP contribution in [0.1, 0.15) is 6.92 Å².